The number of rotatable bonds is 2. The summed E-state index contributed by atoms with van der Waals surface area (Å²) in [4.78, 5) is 22.7. The third-order valence-corrected chi connectivity index (χ3v) is 4.40. The van der Waals surface area contributed by atoms with Crippen molar-refractivity contribution >= 4 is 11.5 Å². The Bertz CT molecular complexity index is 631. The van der Waals surface area contributed by atoms with Gasteiger partial charge in [-0.1, -0.05) is 18.2 Å². The number of Topliss-reactive ketones (excluding diaryl/α,β-unsaturated/α-hetero) is 1. The molecule has 6 heteroatoms. The minimum Gasteiger partial charge on any atom is -0.353 e. The molecule has 0 bridgehead atoms. The van der Waals surface area contributed by atoms with Gasteiger partial charge in [-0.3, -0.25) is 4.79 Å². The van der Waals surface area contributed by atoms with Gasteiger partial charge in [0.2, 0.25) is 0 Å². The molecule has 1 aromatic rings. The topological polar surface area (TPSA) is 75.5 Å². The van der Waals surface area contributed by atoms with E-state index in [9.17, 15) is 14.9 Å². The molecule has 21 heavy (non-hydrogen) atoms. The van der Waals surface area contributed by atoms with Crippen LogP contribution >= 0.6 is 0 Å². The third kappa shape index (κ3) is 2.26. The van der Waals surface area contributed by atoms with E-state index in [0.717, 1.165) is 11.3 Å². The van der Waals surface area contributed by atoms with Crippen molar-refractivity contribution in [3.05, 3.63) is 51.7 Å². The smallest absolute Gasteiger partial charge is 0.175 e. The number of anilines is 1. The molecule has 1 spiro atoms. The number of benzene rings is 1. The van der Waals surface area contributed by atoms with Gasteiger partial charge in [0, 0.05) is 18.0 Å². The fraction of sp³-hybridized carbons (Fsp3) is 0.400. The van der Waals surface area contributed by atoms with Gasteiger partial charge in [-0.05, 0) is 30.5 Å². The summed E-state index contributed by atoms with van der Waals surface area (Å²) >= 11 is 0. The van der Waals surface area contributed by atoms with E-state index in [2.05, 4.69) is 5.32 Å². The Balaban J connectivity index is 2.00. The molecule has 2 aliphatic heterocycles. The summed E-state index contributed by atoms with van der Waals surface area (Å²) in [5, 5.41) is 15.0. The van der Waals surface area contributed by atoms with Gasteiger partial charge in [-0.15, -0.1) is 5.01 Å². The SMILES string of the molecule is CC(=O)C1=CC2(CCN([N+](=O)[O-])CC2)c2ccccc2N1. The van der Waals surface area contributed by atoms with Gasteiger partial charge in [0.15, 0.2) is 10.8 Å². The molecule has 0 saturated carbocycles. The van der Waals surface area contributed by atoms with E-state index < -0.39 is 0 Å². The maximum absolute atomic E-state index is 11.8. The highest BCUT2D eigenvalue weighted by Gasteiger charge is 2.41. The number of ketones is 1. The number of carbonyl (C=O) groups is 1. The third-order valence-electron chi connectivity index (χ3n) is 4.40. The number of para-hydroxylation sites is 1. The lowest BCUT2D eigenvalue weighted by Crippen LogP contribution is -2.45. The van der Waals surface area contributed by atoms with Crippen molar-refractivity contribution in [2.24, 2.45) is 0 Å². The molecule has 2 aliphatic rings. The summed E-state index contributed by atoms with van der Waals surface area (Å²) in [5.41, 5.74) is 2.36. The molecule has 0 atom stereocenters. The molecule has 0 unspecified atom stereocenters. The number of nitrogens with zero attached hydrogens (tertiary/aromatic N) is 2. The minimum absolute atomic E-state index is 0.0133. The Morgan fingerprint density at radius 1 is 1.33 bits per heavy atom. The molecule has 0 radical (unpaired) electrons. The molecule has 1 saturated heterocycles. The van der Waals surface area contributed by atoms with Crippen LogP contribution in [-0.2, 0) is 10.2 Å². The minimum atomic E-state index is -0.338. The highest BCUT2D eigenvalue weighted by molar-refractivity contribution is 5.97. The quantitative estimate of drug-likeness (QED) is 0.666. The van der Waals surface area contributed by atoms with E-state index in [1.54, 1.807) is 0 Å². The first-order valence-corrected chi connectivity index (χ1v) is 7.01. The largest absolute Gasteiger partial charge is 0.353 e. The second kappa shape index (κ2) is 4.87. The average Bonchev–Trinajstić information content (AvgIpc) is 2.47. The highest BCUT2D eigenvalue weighted by Crippen LogP contribution is 2.44. The molecule has 1 fully saturated rings. The Labute approximate surface area is 122 Å². The summed E-state index contributed by atoms with van der Waals surface area (Å²) in [6, 6.07) is 7.88. The monoisotopic (exact) mass is 287 g/mol. The van der Waals surface area contributed by atoms with E-state index in [0.29, 0.717) is 31.6 Å². The van der Waals surface area contributed by atoms with Crippen molar-refractivity contribution < 1.29 is 9.83 Å². The van der Waals surface area contributed by atoms with Crippen molar-refractivity contribution in [2.75, 3.05) is 18.4 Å². The maximum Gasteiger partial charge on any atom is 0.175 e. The molecule has 0 amide bonds. The number of hydrogen-bond acceptors (Lipinski definition) is 4. The van der Waals surface area contributed by atoms with Crippen LogP contribution in [0.4, 0.5) is 5.69 Å². The molecule has 110 valence electrons. The van der Waals surface area contributed by atoms with Crippen LogP contribution in [0.5, 0.6) is 0 Å². The molecule has 1 N–H and O–H groups in total. The van der Waals surface area contributed by atoms with Crippen LogP contribution in [0.2, 0.25) is 0 Å². The number of carbonyl (C=O) groups excluding carboxylic acids is 1. The van der Waals surface area contributed by atoms with Gasteiger partial charge >= 0.3 is 0 Å². The summed E-state index contributed by atoms with van der Waals surface area (Å²) in [6.07, 6.45) is 3.25. The number of hydrazine groups is 1. The molecule has 6 nitrogen and oxygen atoms in total. The number of nitro groups is 1. The van der Waals surface area contributed by atoms with Crippen LogP contribution in [0.1, 0.15) is 25.3 Å². The van der Waals surface area contributed by atoms with Crippen LogP contribution in [0.15, 0.2) is 36.0 Å². The van der Waals surface area contributed by atoms with Gasteiger partial charge in [0.25, 0.3) is 0 Å². The maximum atomic E-state index is 11.8. The molecule has 0 aliphatic carbocycles. The second-order valence-corrected chi connectivity index (χ2v) is 5.63. The van der Waals surface area contributed by atoms with Gasteiger partial charge in [0.05, 0.1) is 18.8 Å². The first-order valence-electron chi connectivity index (χ1n) is 7.01. The summed E-state index contributed by atoms with van der Waals surface area (Å²) in [5.74, 6) is -0.0133. The number of allylic oxidation sites excluding steroid dienone is 2. The predicted octanol–water partition coefficient (Wildman–Crippen LogP) is 2.11. The standard InChI is InChI=1S/C15H17N3O3/c1-11(19)14-10-15(6-8-17(9-7-15)18(20)21)12-4-2-3-5-13(12)16-14/h2-5,10,16H,6-9H2,1H3. The van der Waals surface area contributed by atoms with E-state index in [-0.39, 0.29) is 16.2 Å². The number of hydrogen-bond donors (Lipinski definition) is 1. The second-order valence-electron chi connectivity index (χ2n) is 5.63. The van der Waals surface area contributed by atoms with Gasteiger partial charge in [0.1, 0.15) is 0 Å². The molecule has 3 rings (SSSR count). The van der Waals surface area contributed by atoms with Crippen LogP contribution in [0.25, 0.3) is 0 Å². The van der Waals surface area contributed by atoms with Crippen LogP contribution in [0, 0.1) is 10.1 Å². The van der Waals surface area contributed by atoms with E-state index >= 15 is 0 Å². The zero-order chi connectivity index (χ0) is 15.0. The van der Waals surface area contributed by atoms with Crippen molar-refractivity contribution in [3.63, 3.8) is 0 Å². The van der Waals surface area contributed by atoms with Crippen LogP contribution in [-0.4, -0.2) is 28.9 Å². The Kier molecular flexibility index (Phi) is 3.16. The predicted molar refractivity (Wildman–Crippen MR) is 78.3 cm³/mol. The Morgan fingerprint density at radius 3 is 2.62 bits per heavy atom. The lowest BCUT2D eigenvalue weighted by atomic mass is 9.70. The van der Waals surface area contributed by atoms with Gasteiger partial charge in [-0.25, -0.2) is 10.1 Å². The van der Waals surface area contributed by atoms with Crippen LogP contribution in [0.3, 0.4) is 0 Å². The number of nitrogens with one attached hydrogen (secondary N) is 1. The number of piperidine rings is 1. The molecular weight excluding hydrogens is 270 g/mol. The fourth-order valence-electron chi connectivity index (χ4n) is 3.22. The Morgan fingerprint density at radius 2 is 2.00 bits per heavy atom. The van der Waals surface area contributed by atoms with Gasteiger partial charge in [-0.2, -0.15) is 0 Å². The molecule has 2 heterocycles. The zero-order valence-corrected chi connectivity index (χ0v) is 11.8. The number of fused-ring (bicyclic) bond motifs is 2. The van der Waals surface area contributed by atoms with Crippen molar-refractivity contribution in [1.82, 2.24) is 5.01 Å². The lowest BCUT2D eigenvalue weighted by Gasteiger charge is -2.41. The van der Waals surface area contributed by atoms with Crippen molar-refractivity contribution in [2.45, 2.75) is 25.2 Å². The average molecular weight is 287 g/mol. The zero-order valence-electron chi connectivity index (χ0n) is 11.8. The lowest BCUT2D eigenvalue weighted by molar-refractivity contribution is -0.658. The summed E-state index contributed by atoms with van der Waals surface area (Å²) < 4.78 is 0. The highest BCUT2D eigenvalue weighted by atomic mass is 16.7. The van der Waals surface area contributed by atoms with Gasteiger partial charge < -0.3 is 5.32 Å². The molecule has 0 aromatic heterocycles. The van der Waals surface area contributed by atoms with Crippen molar-refractivity contribution in [1.29, 1.82) is 0 Å². The normalized spacial score (nSPS) is 19.5. The summed E-state index contributed by atoms with van der Waals surface area (Å²) in [7, 11) is 0. The van der Waals surface area contributed by atoms with Crippen molar-refractivity contribution in [3.8, 4) is 0 Å². The summed E-state index contributed by atoms with van der Waals surface area (Å²) in [6.45, 7) is 2.32. The molecular formula is C15H17N3O3. The fourth-order valence-corrected chi connectivity index (χ4v) is 3.22. The Hall–Kier alpha value is -2.37. The van der Waals surface area contributed by atoms with E-state index in [1.807, 2.05) is 30.3 Å². The van der Waals surface area contributed by atoms with Crippen LogP contribution < -0.4 is 5.32 Å². The first-order chi connectivity index (χ1) is 10.0. The molecule has 1 aromatic carbocycles. The van der Waals surface area contributed by atoms with E-state index in [4.69, 9.17) is 0 Å². The van der Waals surface area contributed by atoms with E-state index in [1.165, 1.54) is 11.9 Å². The first kappa shape index (κ1) is 13.6.